The first kappa shape index (κ1) is 14.2. The molecule has 2 aliphatic heterocycles. The zero-order valence-electron chi connectivity index (χ0n) is 12.0. The van der Waals surface area contributed by atoms with E-state index >= 15 is 0 Å². The third-order valence-electron chi connectivity index (χ3n) is 4.37. The standard InChI is InChI=1S/C16H19NO4/c1-17-14(18)8-10-4-5-11(7-13(10)16(17)20)15(19)12-3-2-6-21-9-12/h4-5,7,12,15,19H,2-3,6,8-9H2,1H3. The minimum Gasteiger partial charge on any atom is -0.388 e. The number of likely N-dealkylation sites (N-methyl/N-ethyl adjacent to an activating group) is 1. The Morgan fingerprint density at radius 1 is 1.38 bits per heavy atom. The summed E-state index contributed by atoms with van der Waals surface area (Å²) in [6, 6.07) is 5.31. The smallest absolute Gasteiger partial charge is 0.260 e. The average molecular weight is 289 g/mol. The molecule has 1 fully saturated rings. The first-order valence-corrected chi connectivity index (χ1v) is 7.27. The maximum atomic E-state index is 12.2. The number of amides is 2. The number of benzene rings is 1. The maximum Gasteiger partial charge on any atom is 0.260 e. The Kier molecular flexibility index (Phi) is 3.78. The third-order valence-corrected chi connectivity index (χ3v) is 4.37. The molecule has 112 valence electrons. The van der Waals surface area contributed by atoms with E-state index in [2.05, 4.69) is 0 Å². The molecule has 21 heavy (non-hydrogen) atoms. The van der Waals surface area contributed by atoms with Gasteiger partial charge in [-0.2, -0.15) is 0 Å². The first-order valence-electron chi connectivity index (χ1n) is 7.27. The topological polar surface area (TPSA) is 66.8 Å². The lowest BCUT2D eigenvalue weighted by molar-refractivity contribution is -0.127. The molecule has 0 radical (unpaired) electrons. The molecular weight excluding hydrogens is 270 g/mol. The van der Waals surface area contributed by atoms with E-state index in [0.29, 0.717) is 12.2 Å². The van der Waals surface area contributed by atoms with Gasteiger partial charge in [-0.15, -0.1) is 0 Å². The van der Waals surface area contributed by atoms with Crippen molar-refractivity contribution in [1.29, 1.82) is 0 Å². The maximum absolute atomic E-state index is 12.2. The van der Waals surface area contributed by atoms with Gasteiger partial charge in [-0.25, -0.2) is 0 Å². The van der Waals surface area contributed by atoms with E-state index in [1.807, 2.05) is 6.07 Å². The van der Waals surface area contributed by atoms with Gasteiger partial charge >= 0.3 is 0 Å². The van der Waals surface area contributed by atoms with Crippen molar-refractivity contribution in [2.75, 3.05) is 20.3 Å². The zero-order chi connectivity index (χ0) is 15.0. The number of hydrogen-bond acceptors (Lipinski definition) is 4. The summed E-state index contributed by atoms with van der Waals surface area (Å²) in [6.45, 7) is 1.30. The predicted octanol–water partition coefficient (Wildman–Crippen LogP) is 1.30. The van der Waals surface area contributed by atoms with Crippen LogP contribution in [0.15, 0.2) is 18.2 Å². The average Bonchev–Trinajstić information content (AvgIpc) is 2.53. The molecule has 1 saturated heterocycles. The summed E-state index contributed by atoms with van der Waals surface area (Å²) in [5.74, 6) is -0.425. The van der Waals surface area contributed by atoms with Crippen LogP contribution in [-0.4, -0.2) is 42.1 Å². The van der Waals surface area contributed by atoms with Crippen LogP contribution in [0.5, 0.6) is 0 Å². The summed E-state index contributed by atoms with van der Waals surface area (Å²) in [5, 5.41) is 10.5. The fourth-order valence-electron chi connectivity index (χ4n) is 2.99. The Balaban J connectivity index is 1.88. The van der Waals surface area contributed by atoms with Crippen molar-refractivity contribution in [3.05, 3.63) is 34.9 Å². The molecule has 2 atom stereocenters. The fourth-order valence-corrected chi connectivity index (χ4v) is 2.99. The normalized spacial score (nSPS) is 23.9. The number of nitrogens with zero attached hydrogens (tertiary/aromatic N) is 1. The minimum atomic E-state index is -0.633. The molecular formula is C16H19NO4. The number of rotatable bonds is 2. The molecule has 0 bridgehead atoms. The highest BCUT2D eigenvalue weighted by molar-refractivity contribution is 6.09. The Labute approximate surface area is 123 Å². The first-order chi connectivity index (χ1) is 10.1. The molecule has 1 aromatic carbocycles. The predicted molar refractivity (Wildman–Crippen MR) is 75.7 cm³/mol. The molecule has 0 aliphatic carbocycles. The van der Waals surface area contributed by atoms with E-state index < -0.39 is 6.10 Å². The lowest BCUT2D eigenvalue weighted by Crippen LogP contribution is -2.39. The van der Waals surface area contributed by atoms with Gasteiger partial charge in [0.15, 0.2) is 0 Å². The van der Waals surface area contributed by atoms with E-state index in [1.165, 1.54) is 7.05 Å². The van der Waals surface area contributed by atoms with Crippen LogP contribution in [0, 0.1) is 5.92 Å². The van der Waals surface area contributed by atoms with Crippen molar-refractivity contribution in [2.24, 2.45) is 5.92 Å². The molecule has 2 aliphatic rings. The van der Waals surface area contributed by atoms with E-state index in [4.69, 9.17) is 4.74 Å². The van der Waals surface area contributed by atoms with Gasteiger partial charge in [0.25, 0.3) is 5.91 Å². The monoisotopic (exact) mass is 289 g/mol. The number of hydrogen-bond donors (Lipinski definition) is 1. The van der Waals surface area contributed by atoms with Crippen LogP contribution in [-0.2, 0) is 16.0 Å². The summed E-state index contributed by atoms with van der Waals surface area (Å²) in [5.41, 5.74) is 1.98. The molecule has 0 saturated carbocycles. The van der Waals surface area contributed by atoms with Gasteiger partial charge in [0.2, 0.25) is 5.91 Å². The van der Waals surface area contributed by atoms with Crippen molar-refractivity contribution in [2.45, 2.75) is 25.4 Å². The third kappa shape index (κ3) is 2.59. The van der Waals surface area contributed by atoms with Gasteiger partial charge in [0.1, 0.15) is 0 Å². The van der Waals surface area contributed by atoms with Crippen molar-refractivity contribution in [1.82, 2.24) is 4.90 Å². The molecule has 5 nitrogen and oxygen atoms in total. The van der Waals surface area contributed by atoms with E-state index in [1.54, 1.807) is 12.1 Å². The minimum absolute atomic E-state index is 0.0647. The molecule has 2 heterocycles. The lowest BCUT2D eigenvalue weighted by Gasteiger charge is -2.28. The van der Waals surface area contributed by atoms with Gasteiger partial charge in [-0.3, -0.25) is 14.5 Å². The van der Waals surface area contributed by atoms with Gasteiger partial charge in [0, 0.05) is 25.1 Å². The zero-order valence-corrected chi connectivity index (χ0v) is 12.0. The number of ether oxygens (including phenoxy) is 1. The molecule has 0 aromatic heterocycles. The van der Waals surface area contributed by atoms with Crippen LogP contribution in [0.25, 0.3) is 0 Å². The van der Waals surface area contributed by atoms with Crippen molar-refractivity contribution < 1.29 is 19.4 Å². The second kappa shape index (κ2) is 5.58. The largest absolute Gasteiger partial charge is 0.388 e. The molecule has 5 heteroatoms. The second-order valence-corrected chi connectivity index (χ2v) is 5.77. The van der Waals surface area contributed by atoms with Crippen LogP contribution < -0.4 is 0 Å². The number of carbonyl (C=O) groups excluding carboxylic acids is 2. The number of aliphatic hydroxyl groups excluding tert-OH is 1. The molecule has 0 spiro atoms. The quantitative estimate of drug-likeness (QED) is 0.833. The molecule has 1 aromatic rings. The summed E-state index contributed by atoms with van der Waals surface area (Å²) in [6.07, 6.45) is 1.47. The number of imide groups is 1. The summed E-state index contributed by atoms with van der Waals surface area (Å²) in [4.78, 5) is 25.0. The van der Waals surface area contributed by atoms with Crippen LogP contribution in [0.3, 0.4) is 0 Å². The summed E-state index contributed by atoms with van der Waals surface area (Å²) < 4.78 is 5.41. The van der Waals surface area contributed by atoms with Crippen molar-refractivity contribution in [3.8, 4) is 0 Å². The van der Waals surface area contributed by atoms with Crippen LogP contribution in [0.4, 0.5) is 0 Å². The van der Waals surface area contributed by atoms with Crippen LogP contribution in [0.1, 0.15) is 40.4 Å². The van der Waals surface area contributed by atoms with Gasteiger partial charge in [-0.05, 0) is 30.0 Å². The van der Waals surface area contributed by atoms with Gasteiger partial charge < -0.3 is 9.84 Å². The highest BCUT2D eigenvalue weighted by Gasteiger charge is 2.30. The lowest BCUT2D eigenvalue weighted by atomic mass is 9.88. The van der Waals surface area contributed by atoms with E-state index in [9.17, 15) is 14.7 Å². The second-order valence-electron chi connectivity index (χ2n) is 5.77. The van der Waals surface area contributed by atoms with E-state index in [-0.39, 0.29) is 24.2 Å². The Morgan fingerprint density at radius 3 is 2.90 bits per heavy atom. The number of aliphatic hydroxyl groups is 1. The molecule has 2 amide bonds. The molecule has 3 rings (SSSR count). The van der Waals surface area contributed by atoms with Gasteiger partial charge in [0.05, 0.1) is 19.1 Å². The van der Waals surface area contributed by atoms with Crippen molar-refractivity contribution >= 4 is 11.8 Å². The van der Waals surface area contributed by atoms with Crippen LogP contribution >= 0.6 is 0 Å². The fraction of sp³-hybridized carbons (Fsp3) is 0.500. The highest BCUT2D eigenvalue weighted by Crippen LogP contribution is 2.31. The van der Waals surface area contributed by atoms with Crippen LogP contribution in [0.2, 0.25) is 0 Å². The Hall–Kier alpha value is -1.72. The SMILES string of the molecule is CN1C(=O)Cc2ccc(C(O)C3CCCOC3)cc2C1=O. The van der Waals surface area contributed by atoms with Gasteiger partial charge in [-0.1, -0.05) is 12.1 Å². The molecule has 1 N–H and O–H groups in total. The highest BCUT2D eigenvalue weighted by atomic mass is 16.5. The number of fused-ring (bicyclic) bond motifs is 1. The van der Waals surface area contributed by atoms with E-state index in [0.717, 1.165) is 35.5 Å². The Morgan fingerprint density at radius 2 is 2.19 bits per heavy atom. The Bertz CT molecular complexity index is 578. The van der Waals surface area contributed by atoms with Crippen molar-refractivity contribution in [3.63, 3.8) is 0 Å². The number of carbonyl (C=O) groups is 2. The summed E-state index contributed by atoms with van der Waals surface area (Å²) >= 11 is 0. The summed E-state index contributed by atoms with van der Waals surface area (Å²) in [7, 11) is 1.49. The molecule has 2 unspecified atom stereocenters.